The van der Waals surface area contributed by atoms with E-state index in [4.69, 9.17) is 18.9 Å². The monoisotopic (exact) mass is 1360 g/mol. The van der Waals surface area contributed by atoms with Crippen LogP contribution in [0.4, 0.5) is 0 Å². The third kappa shape index (κ3) is 14.1. The number of carbonyl (C=O) groups excluding carboxylic acids is 8. The number of allylic oxidation sites excluding steroid dienone is 2. The average Bonchev–Trinajstić information content (AvgIpc) is 1.48. The molecule has 1 saturated heterocycles. The van der Waals surface area contributed by atoms with Gasteiger partial charge in [0.25, 0.3) is 0 Å². The van der Waals surface area contributed by atoms with Gasteiger partial charge in [-0.25, -0.2) is 0 Å². The van der Waals surface area contributed by atoms with Crippen molar-refractivity contribution in [3.8, 4) is 0 Å². The number of ether oxygens (including phenoxy) is 4. The number of carbonyl (C=O) groups is 8. The summed E-state index contributed by atoms with van der Waals surface area (Å²) in [7, 11) is 5.86. The van der Waals surface area contributed by atoms with E-state index < -0.39 is 96.7 Å². The molecule has 2 aromatic heterocycles. The van der Waals surface area contributed by atoms with E-state index in [1.807, 2.05) is 12.2 Å². The molecule has 1 aliphatic heterocycles. The summed E-state index contributed by atoms with van der Waals surface area (Å²) in [5.74, 6) is -0.737. The van der Waals surface area contributed by atoms with Crippen LogP contribution in [0.5, 0.6) is 0 Å². The number of hydrogen-bond donors (Lipinski definition) is 2. The van der Waals surface area contributed by atoms with Gasteiger partial charge >= 0.3 is 0 Å². The molecule has 7 fully saturated rings. The van der Waals surface area contributed by atoms with Crippen LogP contribution in [0.25, 0.3) is 0 Å². The number of aromatic nitrogens is 6. The van der Waals surface area contributed by atoms with Crippen molar-refractivity contribution in [2.75, 3.05) is 133 Å². The van der Waals surface area contributed by atoms with Gasteiger partial charge in [-0.1, -0.05) is 49.3 Å². The van der Waals surface area contributed by atoms with Gasteiger partial charge in [0.05, 0.1) is 78.1 Å². The maximum Gasteiger partial charge on any atom is 0.242 e. The third-order valence-electron chi connectivity index (χ3n) is 26.1. The average molecular weight is 1370 g/mol. The minimum absolute atomic E-state index is 0.00601. The number of amides is 6. The Morgan fingerprint density at radius 1 is 0.398 bits per heavy atom. The van der Waals surface area contributed by atoms with Crippen molar-refractivity contribution in [3.63, 3.8) is 0 Å². The number of rotatable bonds is 22. The highest BCUT2D eigenvalue weighted by Crippen LogP contribution is 2.71. The summed E-state index contributed by atoms with van der Waals surface area (Å²) in [5, 5.41) is 43.9. The Hall–Kier alpha value is -6.32. The van der Waals surface area contributed by atoms with Crippen LogP contribution in [0.2, 0.25) is 0 Å². The van der Waals surface area contributed by atoms with E-state index in [1.165, 1.54) is 69.0 Å². The Balaban J connectivity index is 0.787. The van der Waals surface area contributed by atoms with Gasteiger partial charge in [0, 0.05) is 104 Å². The smallest absolute Gasteiger partial charge is 0.242 e. The van der Waals surface area contributed by atoms with Gasteiger partial charge in [0.2, 0.25) is 35.4 Å². The highest BCUT2D eigenvalue weighted by molar-refractivity contribution is 5.94. The van der Waals surface area contributed by atoms with E-state index in [9.17, 15) is 48.6 Å². The number of ketones is 2. The summed E-state index contributed by atoms with van der Waals surface area (Å²) < 4.78 is 25.0. The van der Waals surface area contributed by atoms with Gasteiger partial charge in [-0.15, -0.1) is 10.2 Å². The van der Waals surface area contributed by atoms with Crippen LogP contribution in [0.1, 0.15) is 155 Å². The Labute approximate surface area is 576 Å². The first-order valence-electron chi connectivity index (χ1n) is 36.2. The van der Waals surface area contributed by atoms with Crippen LogP contribution in [0.15, 0.2) is 35.7 Å². The fraction of sp³-hybridized carbons (Fsp3) is 0.778. The molecule has 540 valence electrons. The second kappa shape index (κ2) is 30.1. The van der Waals surface area contributed by atoms with Gasteiger partial charge in [-0.2, -0.15) is 0 Å². The molecule has 0 spiro atoms. The standard InChI is InChI=1S/C72H108N12O14/c1-67-21-15-51(85)39-49(67)11-13-53-55(67)17-23-69(3)57(53)19-25-71(69,93)59-41-83(75-73-59)29-9-27-77-43-63(89)81(33-37-97-7)47-66(92)80(32-36-96-6)46-62(88)78(44-64(90)82(34-38-98-8)48-65(91)79(31-35-95-5)45-61(77)87)28-10-30-84-42-60(74-76-84)72(94)26-20-58-54-14-12-50-40-52(86)16-22-68(50,2)56(54)18-24-70(58,72)4/h39-42,53-58,93-94H,9-38,43-48H2,1-8H3/t53-,54-,55+,56+,57+,58+,67+,68+,69+,70+,71-,72-/m1/s1. The minimum Gasteiger partial charge on any atom is -0.383 e. The lowest BCUT2D eigenvalue weighted by Gasteiger charge is -2.59. The van der Waals surface area contributed by atoms with Gasteiger partial charge in [-0.3, -0.25) is 47.7 Å². The summed E-state index contributed by atoms with van der Waals surface area (Å²) in [6, 6.07) is 0. The SMILES string of the molecule is COCCN1CC(=O)N(CCCn2cc([C@]3(O)CC[C@H]4[C@@H]5CCC6=CC(=O)CC[C@]6(C)[C@H]5CC[C@@]43C)nn2)CC(=O)N(CCOC)CC(=O)N(CCOC)CC(=O)N(CCCn2cc([C@]3(O)CC[C@H]4[C@@H]5CCC6=CC(=O)CC[C@]6(C)[C@H]5CC[C@@]43C)nn2)CC(=O)N(CCOC)CC1=O. The lowest BCUT2D eigenvalue weighted by Crippen LogP contribution is -2.54. The van der Waals surface area contributed by atoms with Crippen LogP contribution in [-0.4, -0.2) is 250 Å². The van der Waals surface area contributed by atoms with Crippen LogP contribution in [-0.2, 0) is 81.6 Å². The summed E-state index contributed by atoms with van der Waals surface area (Å²) in [5.41, 5.74) is 0.253. The molecular formula is C72H108N12O14. The van der Waals surface area contributed by atoms with E-state index >= 15 is 0 Å². The molecule has 12 atom stereocenters. The van der Waals surface area contributed by atoms with Crippen molar-refractivity contribution < 1.29 is 67.5 Å². The lowest BCUT2D eigenvalue weighted by molar-refractivity contribution is -0.150. The minimum atomic E-state index is -1.22. The molecule has 11 rings (SSSR count). The van der Waals surface area contributed by atoms with Crippen LogP contribution < -0.4 is 0 Å². The van der Waals surface area contributed by atoms with Crippen LogP contribution >= 0.6 is 0 Å². The van der Waals surface area contributed by atoms with Gasteiger partial charge < -0.3 is 58.6 Å². The second-order valence-corrected chi connectivity index (χ2v) is 31.0. The Bertz CT molecular complexity index is 3130. The predicted molar refractivity (Wildman–Crippen MR) is 357 cm³/mol. The molecule has 9 aliphatic rings. The van der Waals surface area contributed by atoms with Gasteiger partial charge in [0.1, 0.15) is 22.6 Å². The quantitative estimate of drug-likeness (QED) is 0.165. The van der Waals surface area contributed by atoms with E-state index in [1.54, 1.807) is 21.8 Å². The third-order valence-corrected chi connectivity index (χ3v) is 26.1. The molecule has 2 N–H and O–H groups in total. The molecule has 8 aliphatic carbocycles. The molecule has 0 radical (unpaired) electrons. The lowest BCUT2D eigenvalue weighted by atomic mass is 9.46. The van der Waals surface area contributed by atoms with E-state index in [-0.39, 0.29) is 126 Å². The zero-order valence-electron chi connectivity index (χ0n) is 59.4. The molecule has 98 heavy (non-hydrogen) atoms. The molecule has 3 heterocycles. The van der Waals surface area contributed by atoms with Crippen molar-refractivity contribution in [3.05, 3.63) is 47.1 Å². The topological polar surface area (TPSA) is 295 Å². The van der Waals surface area contributed by atoms with Crippen LogP contribution in [0.3, 0.4) is 0 Å². The molecule has 0 bridgehead atoms. The maximum absolute atomic E-state index is 14.9. The second-order valence-electron chi connectivity index (χ2n) is 31.0. The number of nitrogens with zero attached hydrogens (tertiary/aromatic N) is 12. The Morgan fingerprint density at radius 2 is 0.704 bits per heavy atom. The molecule has 0 unspecified atom stereocenters. The zero-order valence-corrected chi connectivity index (χ0v) is 59.4. The molecule has 6 saturated carbocycles. The molecule has 26 heteroatoms. The first kappa shape index (κ1) is 72.9. The Kier molecular flexibility index (Phi) is 22.4. The zero-order chi connectivity index (χ0) is 70.0. The summed E-state index contributed by atoms with van der Waals surface area (Å²) in [6.45, 7) is 6.72. The normalized spacial score (nSPS) is 33.9. The van der Waals surface area contributed by atoms with Crippen LogP contribution in [0, 0.1) is 57.2 Å². The molecule has 6 amide bonds. The fourth-order valence-corrected chi connectivity index (χ4v) is 20.2. The number of hydrogen-bond acceptors (Lipinski definition) is 18. The van der Waals surface area contributed by atoms with E-state index in [2.05, 4.69) is 48.3 Å². The van der Waals surface area contributed by atoms with Crippen molar-refractivity contribution in [1.82, 2.24) is 59.4 Å². The van der Waals surface area contributed by atoms with Gasteiger partial charge in [0.15, 0.2) is 11.6 Å². The fourth-order valence-electron chi connectivity index (χ4n) is 20.2. The number of methoxy groups -OCH3 is 4. The number of aliphatic hydroxyl groups is 2. The Morgan fingerprint density at radius 3 is 1.02 bits per heavy atom. The summed E-state index contributed by atoms with van der Waals surface area (Å²) in [6.07, 6.45) is 21.0. The van der Waals surface area contributed by atoms with Crippen molar-refractivity contribution in [2.45, 2.75) is 168 Å². The highest BCUT2D eigenvalue weighted by atomic mass is 16.5. The van der Waals surface area contributed by atoms with Crippen molar-refractivity contribution in [2.24, 2.45) is 57.2 Å². The molecule has 2 aromatic rings. The number of fused-ring (bicyclic) bond motifs is 10. The van der Waals surface area contributed by atoms with E-state index in [0.29, 0.717) is 60.7 Å². The largest absolute Gasteiger partial charge is 0.383 e. The number of aryl methyl sites for hydroxylation is 2. The maximum atomic E-state index is 14.9. The van der Waals surface area contributed by atoms with E-state index in [0.717, 1.165) is 77.0 Å². The van der Waals surface area contributed by atoms with Crippen molar-refractivity contribution in [1.29, 1.82) is 0 Å². The first-order chi connectivity index (χ1) is 46.9. The first-order valence-corrected chi connectivity index (χ1v) is 36.2. The molecule has 0 aromatic carbocycles. The van der Waals surface area contributed by atoms with Gasteiger partial charge in [-0.05, 0) is 161 Å². The summed E-state index contributed by atoms with van der Waals surface area (Å²) in [4.78, 5) is 121. The molecular weight excluding hydrogens is 1260 g/mol. The summed E-state index contributed by atoms with van der Waals surface area (Å²) >= 11 is 0. The predicted octanol–water partition coefficient (Wildman–Crippen LogP) is 4.36. The highest BCUT2D eigenvalue weighted by Gasteiger charge is 2.67. The van der Waals surface area contributed by atoms with Crippen molar-refractivity contribution >= 4 is 47.0 Å². The molecule has 26 nitrogen and oxygen atoms in total.